The zero-order valence-electron chi connectivity index (χ0n) is 7.46. The van der Waals surface area contributed by atoms with Crippen molar-refractivity contribution in [1.29, 1.82) is 0 Å². The summed E-state index contributed by atoms with van der Waals surface area (Å²) < 4.78 is 0. The molecule has 0 saturated heterocycles. The van der Waals surface area contributed by atoms with Gasteiger partial charge in [-0.15, -0.1) is 12.6 Å². The van der Waals surface area contributed by atoms with Gasteiger partial charge in [0.1, 0.15) is 0 Å². The topological polar surface area (TPSA) is 26.0 Å². The van der Waals surface area contributed by atoms with E-state index < -0.39 is 0 Å². The largest absolute Gasteiger partial charge is 0.398 e. The molecule has 0 aliphatic heterocycles. The Morgan fingerprint density at radius 1 is 1.45 bits per heavy atom. The van der Waals surface area contributed by atoms with E-state index >= 15 is 0 Å². The van der Waals surface area contributed by atoms with Gasteiger partial charge in [0, 0.05) is 10.6 Å². The number of hydrogen-bond donors (Lipinski definition) is 2. The van der Waals surface area contributed by atoms with Crippen LogP contribution in [0.2, 0.25) is 0 Å². The van der Waals surface area contributed by atoms with Crippen LogP contribution < -0.4 is 5.73 Å². The fourth-order valence-corrected chi connectivity index (χ4v) is 0.454. The molecule has 0 fully saturated rings. The molecule has 0 heterocycles. The molecular weight excluding hydrogens is 154 g/mol. The Labute approximate surface area is 75.1 Å². The van der Waals surface area contributed by atoms with Crippen molar-refractivity contribution in [3.63, 3.8) is 0 Å². The number of allylic oxidation sites excluding steroid dienone is 3. The maximum absolute atomic E-state index is 5.48. The van der Waals surface area contributed by atoms with Crippen molar-refractivity contribution in [3.8, 4) is 0 Å². The first kappa shape index (κ1) is 13.0. The van der Waals surface area contributed by atoms with E-state index in [1.807, 2.05) is 26.8 Å². The molecule has 0 bridgehead atoms. The Morgan fingerprint density at radius 2 is 1.91 bits per heavy atom. The molecular formula is C9H17NS. The summed E-state index contributed by atoms with van der Waals surface area (Å²) in [6.07, 6.45) is 5.18. The average molecular weight is 171 g/mol. The molecule has 0 aromatic rings. The lowest BCUT2D eigenvalue weighted by molar-refractivity contribution is 1.40. The Kier molecular flexibility index (Phi) is 11.1. The first-order chi connectivity index (χ1) is 5.22. The fourth-order valence-electron chi connectivity index (χ4n) is 0.379. The van der Waals surface area contributed by atoms with Gasteiger partial charge in [-0.3, -0.25) is 0 Å². The van der Waals surface area contributed by atoms with Crippen LogP contribution in [0.4, 0.5) is 0 Å². The SMILES string of the molecule is C=C/C=C(N)\C(S)=C/C.CC. The van der Waals surface area contributed by atoms with Crippen LogP contribution >= 0.6 is 12.6 Å². The van der Waals surface area contributed by atoms with Crippen LogP contribution in [0.25, 0.3) is 0 Å². The first-order valence-electron chi connectivity index (χ1n) is 3.66. The summed E-state index contributed by atoms with van der Waals surface area (Å²) in [5.74, 6) is 0. The highest BCUT2D eigenvalue weighted by molar-refractivity contribution is 7.84. The van der Waals surface area contributed by atoms with Gasteiger partial charge in [-0.1, -0.05) is 32.6 Å². The maximum atomic E-state index is 5.48. The molecule has 0 aliphatic rings. The van der Waals surface area contributed by atoms with Crippen molar-refractivity contribution in [2.75, 3.05) is 0 Å². The molecule has 0 rings (SSSR count). The third-order valence-electron chi connectivity index (χ3n) is 0.867. The van der Waals surface area contributed by atoms with E-state index in [-0.39, 0.29) is 0 Å². The zero-order chi connectivity index (χ0) is 9.28. The standard InChI is InChI=1S/C7H11NS.C2H6/c1-3-5-6(8)7(9)4-2;1-2/h3-5,9H,1,8H2,2H3;1-2H3/b6-5+,7-4+;. The quantitative estimate of drug-likeness (QED) is 0.485. The molecule has 11 heavy (non-hydrogen) atoms. The zero-order valence-corrected chi connectivity index (χ0v) is 8.36. The third kappa shape index (κ3) is 7.26. The van der Waals surface area contributed by atoms with Crippen LogP contribution in [0.5, 0.6) is 0 Å². The van der Waals surface area contributed by atoms with Crippen LogP contribution in [0, 0.1) is 0 Å². The second kappa shape index (κ2) is 9.37. The minimum absolute atomic E-state index is 0.649. The van der Waals surface area contributed by atoms with Crippen LogP contribution in [0.15, 0.2) is 35.4 Å². The lowest BCUT2D eigenvalue weighted by Gasteiger charge is -1.95. The summed E-state index contributed by atoms with van der Waals surface area (Å²) in [6.45, 7) is 9.38. The Bertz CT molecular complexity index is 157. The van der Waals surface area contributed by atoms with E-state index in [1.54, 1.807) is 12.2 Å². The maximum Gasteiger partial charge on any atom is 0.0446 e. The molecule has 0 unspecified atom stereocenters. The molecule has 0 atom stereocenters. The Balaban J connectivity index is 0. The molecule has 0 amide bonds. The monoisotopic (exact) mass is 171 g/mol. The van der Waals surface area contributed by atoms with Crippen molar-refractivity contribution < 1.29 is 0 Å². The van der Waals surface area contributed by atoms with E-state index in [1.165, 1.54) is 0 Å². The third-order valence-corrected chi connectivity index (χ3v) is 1.38. The number of nitrogens with two attached hydrogens (primary N) is 1. The van der Waals surface area contributed by atoms with Gasteiger partial charge in [-0.25, -0.2) is 0 Å². The van der Waals surface area contributed by atoms with Crippen molar-refractivity contribution in [2.45, 2.75) is 20.8 Å². The summed E-state index contributed by atoms with van der Waals surface area (Å²) in [5.41, 5.74) is 6.13. The summed E-state index contributed by atoms with van der Waals surface area (Å²) in [5, 5.41) is 0. The van der Waals surface area contributed by atoms with Crippen LogP contribution in [-0.4, -0.2) is 0 Å². The highest BCUT2D eigenvalue weighted by Crippen LogP contribution is 2.06. The molecule has 0 aromatic carbocycles. The van der Waals surface area contributed by atoms with Crippen LogP contribution in [0.1, 0.15) is 20.8 Å². The molecule has 0 saturated carbocycles. The summed E-state index contributed by atoms with van der Waals surface area (Å²) in [4.78, 5) is 0.787. The van der Waals surface area contributed by atoms with E-state index in [4.69, 9.17) is 5.73 Å². The highest BCUT2D eigenvalue weighted by Gasteiger charge is 1.87. The van der Waals surface area contributed by atoms with Crippen LogP contribution in [-0.2, 0) is 0 Å². The molecule has 64 valence electrons. The summed E-state index contributed by atoms with van der Waals surface area (Å²) in [6, 6.07) is 0. The van der Waals surface area contributed by atoms with Gasteiger partial charge in [-0.05, 0) is 13.0 Å². The molecule has 0 spiro atoms. The van der Waals surface area contributed by atoms with Crippen molar-refractivity contribution in [2.24, 2.45) is 5.73 Å². The Morgan fingerprint density at radius 3 is 2.18 bits per heavy atom. The van der Waals surface area contributed by atoms with Crippen molar-refractivity contribution >= 4 is 12.6 Å². The van der Waals surface area contributed by atoms with E-state index in [0.717, 1.165) is 4.91 Å². The van der Waals surface area contributed by atoms with Crippen LogP contribution in [0.3, 0.4) is 0 Å². The number of thiol groups is 1. The molecule has 2 N–H and O–H groups in total. The normalized spacial score (nSPS) is 11.6. The van der Waals surface area contributed by atoms with Gasteiger partial charge in [-0.2, -0.15) is 0 Å². The lowest BCUT2D eigenvalue weighted by Crippen LogP contribution is -1.95. The fraction of sp³-hybridized carbons (Fsp3) is 0.333. The minimum Gasteiger partial charge on any atom is -0.398 e. The van der Waals surface area contributed by atoms with Gasteiger partial charge in [0.15, 0.2) is 0 Å². The minimum atomic E-state index is 0.649. The summed E-state index contributed by atoms with van der Waals surface area (Å²) in [7, 11) is 0. The van der Waals surface area contributed by atoms with Gasteiger partial charge in [0.2, 0.25) is 0 Å². The van der Waals surface area contributed by atoms with Gasteiger partial charge in [0.25, 0.3) is 0 Å². The molecule has 0 aromatic heterocycles. The lowest BCUT2D eigenvalue weighted by atomic mass is 10.3. The second-order valence-corrected chi connectivity index (χ2v) is 2.01. The van der Waals surface area contributed by atoms with Gasteiger partial charge in [0.05, 0.1) is 0 Å². The molecule has 0 aliphatic carbocycles. The van der Waals surface area contributed by atoms with Gasteiger partial charge >= 0.3 is 0 Å². The summed E-state index contributed by atoms with van der Waals surface area (Å²) >= 11 is 4.08. The first-order valence-corrected chi connectivity index (χ1v) is 4.11. The predicted molar refractivity (Wildman–Crippen MR) is 56.6 cm³/mol. The Hall–Kier alpha value is -0.630. The van der Waals surface area contributed by atoms with Crippen molar-refractivity contribution in [1.82, 2.24) is 0 Å². The smallest absolute Gasteiger partial charge is 0.0446 e. The highest BCUT2D eigenvalue weighted by atomic mass is 32.1. The second-order valence-electron chi connectivity index (χ2n) is 1.53. The number of rotatable bonds is 2. The van der Waals surface area contributed by atoms with E-state index in [0.29, 0.717) is 5.70 Å². The van der Waals surface area contributed by atoms with Crippen molar-refractivity contribution in [3.05, 3.63) is 35.4 Å². The average Bonchev–Trinajstić information content (AvgIpc) is 2.07. The van der Waals surface area contributed by atoms with E-state index in [2.05, 4.69) is 19.2 Å². The van der Waals surface area contributed by atoms with E-state index in [9.17, 15) is 0 Å². The molecule has 0 radical (unpaired) electrons. The molecule has 2 heteroatoms. The predicted octanol–water partition coefficient (Wildman–Crippen LogP) is 2.87. The molecule has 1 nitrogen and oxygen atoms in total. The van der Waals surface area contributed by atoms with Gasteiger partial charge < -0.3 is 5.73 Å². The number of hydrogen-bond acceptors (Lipinski definition) is 2.